The van der Waals surface area contributed by atoms with Crippen molar-refractivity contribution in [3.63, 3.8) is 0 Å². The van der Waals surface area contributed by atoms with Crippen LogP contribution in [0.1, 0.15) is 27.2 Å². The fourth-order valence-corrected chi connectivity index (χ4v) is 1.80. The number of hydrogen-bond acceptors (Lipinski definition) is 2. The maximum absolute atomic E-state index is 13.6. The number of aromatic nitrogens is 2. The van der Waals surface area contributed by atoms with E-state index in [1.807, 2.05) is 20.9 Å². The van der Waals surface area contributed by atoms with Crippen LogP contribution >= 0.6 is 0 Å². The molecule has 1 heterocycles. The van der Waals surface area contributed by atoms with E-state index in [9.17, 15) is 9.18 Å². The van der Waals surface area contributed by atoms with Gasteiger partial charge in [0.15, 0.2) is 0 Å². The summed E-state index contributed by atoms with van der Waals surface area (Å²) in [4.78, 5) is 11.9. The molecule has 5 heteroatoms. The van der Waals surface area contributed by atoms with Gasteiger partial charge in [0.05, 0.1) is 11.8 Å². The Hall–Kier alpha value is -2.17. The Bertz CT molecular complexity index is 619. The molecule has 0 fully saturated rings. The summed E-state index contributed by atoms with van der Waals surface area (Å²) in [7, 11) is 1.83. The number of nitrogens with zero attached hydrogens (tertiary/aromatic N) is 2. The molecule has 0 atom stereocenters. The number of rotatable bonds is 3. The standard InChI is InChI=1S/C14H16FN3O/c1-9-4-5-13(15)12(6-9)14(19)16-7-11-8-17-18(3)10(11)2/h4-6,8H,7H2,1-3H3,(H,16,19). The fraction of sp³-hybridized carbons (Fsp3) is 0.286. The number of carbonyl (C=O) groups excluding carboxylic acids is 1. The second kappa shape index (κ2) is 5.22. The monoisotopic (exact) mass is 261 g/mol. The van der Waals surface area contributed by atoms with Gasteiger partial charge < -0.3 is 5.32 Å². The van der Waals surface area contributed by atoms with Gasteiger partial charge in [0, 0.05) is 24.8 Å². The SMILES string of the molecule is Cc1ccc(F)c(C(=O)NCc2cnn(C)c2C)c1. The second-order valence-electron chi connectivity index (χ2n) is 4.54. The van der Waals surface area contributed by atoms with Gasteiger partial charge in [-0.25, -0.2) is 4.39 Å². The maximum atomic E-state index is 13.6. The molecule has 0 radical (unpaired) electrons. The molecule has 0 spiro atoms. The van der Waals surface area contributed by atoms with Crippen LogP contribution in [0.25, 0.3) is 0 Å². The minimum Gasteiger partial charge on any atom is -0.348 e. The lowest BCUT2D eigenvalue weighted by molar-refractivity contribution is 0.0946. The predicted octanol–water partition coefficient (Wildman–Crippen LogP) is 2.11. The third-order valence-electron chi connectivity index (χ3n) is 3.14. The summed E-state index contributed by atoms with van der Waals surface area (Å²) in [5, 5.41) is 6.79. The van der Waals surface area contributed by atoms with E-state index in [-0.39, 0.29) is 5.56 Å². The lowest BCUT2D eigenvalue weighted by Crippen LogP contribution is -2.24. The first-order valence-electron chi connectivity index (χ1n) is 6.01. The molecule has 1 aromatic carbocycles. The molecule has 1 amide bonds. The molecular weight excluding hydrogens is 245 g/mol. The van der Waals surface area contributed by atoms with Crippen LogP contribution in [0.5, 0.6) is 0 Å². The average Bonchev–Trinajstić information content (AvgIpc) is 2.70. The topological polar surface area (TPSA) is 46.9 Å². The molecule has 4 nitrogen and oxygen atoms in total. The largest absolute Gasteiger partial charge is 0.348 e. The quantitative estimate of drug-likeness (QED) is 0.919. The molecule has 0 bridgehead atoms. The van der Waals surface area contributed by atoms with Gasteiger partial charge in [0.2, 0.25) is 0 Å². The fourth-order valence-electron chi connectivity index (χ4n) is 1.80. The molecule has 2 rings (SSSR count). The molecule has 19 heavy (non-hydrogen) atoms. The van der Waals surface area contributed by atoms with E-state index in [0.717, 1.165) is 16.8 Å². The molecule has 0 saturated carbocycles. The molecule has 0 aliphatic carbocycles. The summed E-state index contributed by atoms with van der Waals surface area (Å²) >= 11 is 0. The van der Waals surface area contributed by atoms with Crippen molar-refractivity contribution in [3.8, 4) is 0 Å². The summed E-state index contributed by atoms with van der Waals surface area (Å²) in [5.74, 6) is -0.921. The highest BCUT2D eigenvalue weighted by Crippen LogP contribution is 2.11. The van der Waals surface area contributed by atoms with Crippen LogP contribution in [0.15, 0.2) is 24.4 Å². The van der Waals surface area contributed by atoms with Gasteiger partial charge in [-0.05, 0) is 26.0 Å². The van der Waals surface area contributed by atoms with Gasteiger partial charge in [0.25, 0.3) is 5.91 Å². The van der Waals surface area contributed by atoms with Crippen molar-refractivity contribution in [3.05, 3.63) is 52.6 Å². The number of nitrogens with one attached hydrogen (secondary N) is 1. The third kappa shape index (κ3) is 2.81. The second-order valence-corrected chi connectivity index (χ2v) is 4.54. The van der Waals surface area contributed by atoms with Crippen LogP contribution < -0.4 is 5.32 Å². The van der Waals surface area contributed by atoms with Crippen LogP contribution in [0.3, 0.4) is 0 Å². The Morgan fingerprint density at radius 1 is 1.42 bits per heavy atom. The van der Waals surface area contributed by atoms with E-state index < -0.39 is 11.7 Å². The van der Waals surface area contributed by atoms with Gasteiger partial charge in [-0.15, -0.1) is 0 Å². The smallest absolute Gasteiger partial charge is 0.254 e. The van der Waals surface area contributed by atoms with Crippen molar-refractivity contribution in [2.45, 2.75) is 20.4 Å². The number of hydrogen-bond donors (Lipinski definition) is 1. The van der Waals surface area contributed by atoms with Crippen LogP contribution in [0.2, 0.25) is 0 Å². The number of benzene rings is 1. The number of carbonyl (C=O) groups is 1. The lowest BCUT2D eigenvalue weighted by atomic mass is 10.1. The Morgan fingerprint density at radius 3 is 2.79 bits per heavy atom. The van der Waals surface area contributed by atoms with Gasteiger partial charge in [0.1, 0.15) is 5.82 Å². The van der Waals surface area contributed by atoms with Crippen molar-refractivity contribution in [1.29, 1.82) is 0 Å². The van der Waals surface area contributed by atoms with Crippen LogP contribution in [0.4, 0.5) is 4.39 Å². The van der Waals surface area contributed by atoms with E-state index in [2.05, 4.69) is 10.4 Å². The highest BCUT2D eigenvalue weighted by atomic mass is 19.1. The minimum absolute atomic E-state index is 0.0709. The average molecular weight is 261 g/mol. The zero-order valence-electron chi connectivity index (χ0n) is 11.2. The summed E-state index contributed by atoms with van der Waals surface area (Å²) in [6, 6.07) is 4.48. The Kier molecular flexibility index (Phi) is 3.64. The Morgan fingerprint density at radius 2 is 2.16 bits per heavy atom. The summed E-state index contributed by atoms with van der Waals surface area (Å²) in [5.41, 5.74) is 2.82. The maximum Gasteiger partial charge on any atom is 0.254 e. The van der Waals surface area contributed by atoms with Crippen LogP contribution in [-0.4, -0.2) is 15.7 Å². The van der Waals surface area contributed by atoms with Gasteiger partial charge in [-0.1, -0.05) is 11.6 Å². The normalized spacial score (nSPS) is 10.5. The highest BCUT2D eigenvalue weighted by Gasteiger charge is 2.12. The van der Waals surface area contributed by atoms with Crippen molar-refractivity contribution < 1.29 is 9.18 Å². The first kappa shape index (κ1) is 13.3. The van der Waals surface area contributed by atoms with E-state index in [1.165, 1.54) is 6.07 Å². The molecule has 0 aliphatic heterocycles. The predicted molar refractivity (Wildman–Crippen MR) is 70.3 cm³/mol. The van der Waals surface area contributed by atoms with E-state index in [1.54, 1.807) is 23.0 Å². The first-order chi connectivity index (χ1) is 8.99. The molecule has 0 aliphatic rings. The molecular formula is C14H16FN3O. The Labute approximate surface area is 111 Å². The summed E-state index contributed by atoms with van der Waals surface area (Å²) in [6.07, 6.45) is 1.70. The minimum atomic E-state index is -0.508. The van der Waals surface area contributed by atoms with Gasteiger partial charge in [-0.2, -0.15) is 5.10 Å². The van der Waals surface area contributed by atoms with E-state index in [4.69, 9.17) is 0 Å². The van der Waals surface area contributed by atoms with Crippen molar-refractivity contribution >= 4 is 5.91 Å². The summed E-state index contributed by atoms with van der Waals surface area (Å²) < 4.78 is 15.3. The molecule has 1 N–H and O–H groups in total. The molecule has 1 aromatic heterocycles. The van der Waals surface area contributed by atoms with Crippen molar-refractivity contribution in [1.82, 2.24) is 15.1 Å². The zero-order chi connectivity index (χ0) is 14.0. The number of halogens is 1. The lowest BCUT2D eigenvalue weighted by Gasteiger charge is -2.06. The van der Waals surface area contributed by atoms with Crippen LogP contribution in [0, 0.1) is 19.7 Å². The molecule has 100 valence electrons. The highest BCUT2D eigenvalue weighted by molar-refractivity contribution is 5.94. The molecule has 2 aromatic rings. The zero-order valence-corrected chi connectivity index (χ0v) is 11.2. The third-order valence-corrected chi connectivity index (χ3v) is 3.14. The van der Waals surface area contributed by atoms with Crippen molar-refractivity contribution in [2.75, 3.05) is 0 Å². The Balaban J connectivity index is 2.09. The van der Waals surface area contributed by atoms with Gasteiger partial charge in [-0.3, -0.25) is 9.48 Å². The first-order valence-corrected chi connectivity index (χ1v) is 6.01. The summed E-state index contributed by atoms with van der Waals surface area (Å²) in [6.45, 7) is 4.08. The number of aryl methyl sites for hydroxylation is 2. The van der Waals surface area contributed by atoms with Gasteiger partial charge >= 0.3 is 0 Å². The van der Waals surface area contributed by atoms with Crippen molar-refractivity contribution in [2.24, 2.45) is 7.05 Å². The number of amides is 1. The molecule has 0 saturated heterocycles. The van der Waals surface area contributed by atoms with E-state index >= 15 is 0 Å². The van der Waals surface area contributed by atoms with E-state index in [0.29, 0.717) is 6.54 Å². The molecule has 0 unspecified atom stereocenters. The van der Waals surface area contributed by atoms with Crippen LogP contribution in [-0.2, 0) is 13.6 Å².